The number of aryl methyl sites for hydroxylation is 1. The van der Waals surface area contributed by atoms with Gasteiger partial charge < -0.3 is 9.88 Å². The van der Waals surface area contributed by atoms with Crippen molar-refractivity contribution >= 4 is 28.7 Å². The average Bonchev–Trinajstić information content (AvgIpc) is 3.28. The summed E-state index contributed by atoms with van der Waals surface area (Å²) in [6, 6.07) is 28.6. The predicted octanol–water partition coefficient (Wildman–Crippen LogP) is 6.61. The molecule has 37 heavy (non-hydrogen) atoms. The van der Waals surface area contributed by atoms with Gasteiger partial charge in [-0.1, -0.05) is 91.0 Å². The van der Waals surface area contributed by atoms with Gasteiger partial charge in [-0.05, 0) is 47.7 Å². The lowest BCUT2D eigenvalue weighted by Gasteiger charge is -2.13. The highest BCUT2D eigenvalue weighted by atomic mass is 32.2. The molecule has 5 rings (SSSR count). The highest BCUT2D eigenvalue weighted by molar-refractivity contribution is 7.98. The fourth-order valence-electron chi connectivity index (χ4n) is 4.35. The normalized spacial score (nSPS) is 11.9. The van der Waals surface area contributed by atoms with Crippen LogP contribution in [0.4, 0.5) is 0 Å². The topological polar surface area (TPSA) is 59.8 Å². The summed E-state index contributed by atoms with van der Waals surface area (Å²) in [4.78, 5) is 21.9. The van der Waals surface area contributed by atoms with Crippen LogP contribution in [0, 0.1) is 6.92 Å². The lowest BCUT2D eigenvalue weighted by atomic mass is 10.0. The quantitative estimate of drug-likeness (QED) is 0.228. The zero-order valence-electron chi connectivity index (χ0n) is 21.1. The number of imidazole rings is 1. The van der Waals surface area contributed by atoms with Crippen molar-refractivity contribution in [2.45, 2.75) is 37.2 Å². The number of carbonyl (C=O) groups excluding carboxylic acids is 1. The highest BCUT2D eigenvalue weighted by Crippen LogP contribution is 2.27. The number of aromatic nitrogens is 3. The monoisotopic (exact) mass is 506 g/mol. The molecule has 0 saturated heterocycles. The number of amides is 1. The minimum Gasteiger partial charge on any atom is -0.351 e. The van der Waals surface area contributed by atoms with Crippen LogP contribution in [0.3, 0.4) is 0 Å². The largest absolute Gasteiger partial charge is 0.351 e. The lowest BCUT2D eigenvalue weighted by molar-refractivity contribution is 0.0951. The third kappa shape index (κ3) is 6.09. The van der Waals surface area contributed by atoms with Gasteiger partial charge in [-0.2, -0.15) is 0 Å². The molecule has 186 valence electrons. The molecule has 3 aromatic carbocycles. The van der Waals surface area contributed by atoms with E-state index >= 15 is 0 Å². The minimum atomic E-state index is -0.0468. The Balaban J connectivity index is 1.24. The van der Waals surface area contributed by atoms with Gasteiger partial charge in [0.25, 0.3) is 5.91 Å². The Morgan fingerprint density at radius 1 is 0.973 bits per heavy atom. The molecule has 0 spiro atoms. The molecule has 0 unspecified atom stereocenters. The van der Waals surface area contributed by atoms with Crippen molar-refractivity contribution in [2.75, 3.05) is 6.54 Å². The van der Waals surface area contributed by atoms with Gasteiger partial charge in [0.1, 0.15) is 0 Å². The fraction of sp³-hybridized carbons (Fsp3) is 0.194. The molecule has 6 heteroatoms. The molecular formula is C31H30N4OS. The molecule has 2 aromatic heterocycles. The van der Waals surface area contributed by atoms with E-state index in [2.05, 4.69) is 65.1 Å². The highest BCUT2D eigenvalue weighted by Gasteiger charge is 2.13. The first kappa shape index (κ1) is 24.8. The number of hydrogen-bond acceptors (Lipinski definition) is 4. The van der Waals surface area contributed by atoms with Crippen molar-refractivity contribution < 1.29 is 4.79 Å². The van der Waals surface area contributed by atoms with Crippen LogP contribution in [0.5, 0.6) is 0 Å². The summed E-state index contributed by atoms with van der Waals surface area (Å²) < 4.78 is 2.23. The van der Waals surface area contributed by atoms with Crippen molar-refractivity contribution in [3.63, 3.8) is 0 Å². The molecule has 5 aromatic rings. The van der Waals surface area contributed by atoms with E-state index in [1.807, 2.05) is 54.7 Å². The summed E-state index contributed by atoms with van der Waals surface area (Å²) in [5, 5.41) is 4.02. The van der Waals surface area contributed by atoms with E-state index in [1.54, 1.807) is 18.0 Å². The average molecular weight is 507 g/mol. The van der Waals surface area contributed by atoms with Gasteiger partial charge in [-0.25, -0.2) is 4.98 Å². The number of pyridine rings is 1. The Kier molecular flexibility index (Phi) is 7.66. The van der Waals surface area contributed by atoms with E-state index in [0.29, 0.717) is 12.1 Å². The standard InChI is InChI=1S/C31H30N4OS/c1-22-7-6-8-25(17-22)20-35-29-19-32-16-15-28(29)34-31(35)37-21-24-11-13-27(14-12-24)30(36)33-18-23(2)26-9-4-3-5-10-26/h3-17,19,23H,18,20-21H2,1-2H3,(H,33,36)/t23-/m1/s1. The molecule has 1 atom stereocenters. The maximum Gasteiger partial charge on any atom is 0.251 e. The number of thioether (sulfide) groups is 1. The Bertz CT molecular complexity index is 1500. The van der Waals surface area contributed by atoms with Crippen molar-refractivity contribution in [1.29, 1.82) is 0 Å². The van der Waals surface area contributed by atoms with E-state index in [-0.39, 0.29) is 11.8 Å². The second-order valence-corrected chi connectivity index (χ2v) is 10.3. The van der Waals surface area contributed by atoms with Crippen LogP contribution in [0.1, 0.15) is 45.5 Å². The van der Waals surface area contributed by atoms with Gasteiger partial charge in [0.05, 0.1) is 23.8 Å². The van der Waals surface area contributed by atoms with Crippen LogP contribution >= 0.6 is 11.8 Å². The number of hydrogen-bond donors (Lipinski definition) is 1. The first-order valence-corrected chi connectivity index (χ1v) is 13.5. The first-order chi connectivity index (χ1) is 18.1. The smallest absolute Gasteiger partial charge is 0.251 e. The van der Waals surface area contributed by atoms with Gasteiger partial charge in [-0.15, -0.1) is 0 Å². The second-order valence-electron chi connectivity index (χ2n) is 9.34. The summed E-state index contributed by atoms with van der Waals surface area (Å²) in [7, 11) is 0. The van der Waals surface area contributed by atoms with Crippen molar-refractivity contribution in [2.24, 2.45) is 0 Å². The molecule has 0 radical (unpaired) electrons. The number of rotatable bonds is 9. The van der Waals surface area contributed by atoms with Gasteiger partial charge in [0, 0.05) is 24.1 Å². The van der Waals surface area contributed by atoms with E-state index in [4.69, 9.17) is 4.98 Å². The number of carbonyl (C=O) groups is 1. The first-order valence-electron chi connectivity index (χ1n) is 12.5. The number of nitrogens with one attached hydrogen (secondary N) is 1. The summed E-state index contributed by atoms with van der Waals surface area (Å²) in [6.07, 6.45) is 3.67. The summed E-state index contributed by atoms with van der Waals surface area (Å²) in [6.45, 7) is 5.58. The molecule has 1 amide bonds. The molecular weight excluding hydrogens is 476 g/mol. The predicted molar refractivity (Wildman–Crippen MR) is 151 cm³/mol. The van der Waals surface area contributed by atoms with Crippen LogP contribution in [0.2, 0.25) is 0 Å². The summed E-state index contributed by atoms with van der Waals surface area (Å²) in [5.74, 6) is 0.974. The third-order valence-electron chi connectivity index (χ3n) is 6.46. The van der Waals surface area contributed by atoms with Crippen molar-refractivity contribution in [3.05, 3.63) is 125 Å². The Labute approximate surface area is 222 Å². The van der Waals surface area contributed by atoms with Crippen LogP contribution in [-0.2, 0) is 12.3 Å². The molecule has 0 aliphatic carbocycles. The molecule has 0 bridgehead atoms. The molecule has 0 aliphatic heterocycles. The second kappa shape index (κ2) is 11.4. The zero-order valence-corrected chi connectivity index (χ0v) is 21.9. The summed E-state index contributed by atoms with van der Waals surface area (Å²) >= 11 is 1.70. The molecule has 1 N–H and O–H groups in total. The van der Waals surface area contributed by atoms with Crippen molar-refractivity contribution in [1.82, 2.24) is 19.9 Å². The Morgan fingerprint density at radius 2 is 1.78 bits per heavy atom. The van der Waals surface area contributed by atoms with E-state index in [1.165, 1.54) is 16.7 Å². The Morgan fingerprint density at radius 3 is 2.57 bits per heavy atom. The van der Waals surface area contributed by atoms with E-state index < -0.39 is 0 Å². The van der Waals surface area contributed by atoms with Crippen LogP contribution in [-0.4, -0.2) is 27.0 Å². The molecule has 5 nitrogen and oxygen atoms in total. The van der Waals surface area contributed by atoms with Crippen molar-refractivity contribution in [3.8, 4) is 0 Å². The fourth-order valence-corrected chi connectivity index (χ4v) is 5.32. The molecule has 0 saturated carbocycles. The molecule has 0 fully saturated rings. The van der Waals surface area contributed by atoms with E-state index in [9.17, 15) is 4.79 Å². The van der Waals surface area contributed by atoms with Gasteiger partial charge in [0.15, 0.2) is 5.16 Å². The SMILES string of the molecule is Cc1cccc(Cn2c(SCc3ccc(C(=O)NC[C@@H](C)c4ccccc4)cc3)nc3ccncc32)c1. The number of fused-ring (bicyclic) bond motifs is 1. The molecule has 0 aliphatic rings. The van der Waals surface area contributed by atoms with Gasteiger partial charge >= 0.3 is 0 Å². The number of nitrogens with zero attached hydrogens (tertiary/aromatic N) is 3. The molecule has 2 heterocycles. The Hall–Kier alpha value is -3.90. The lowest BCUT2D eigenvalue weighted by Crippen LogP contribution is -2.27. The zero-order chi connectivity index (χ0) is 25.6. The van der Waals surface area contributed by atoms with E-state index in [0.717, 1.165) is 34.1 Å². The van der Waals surface area contributed by atoms with Gasteiger partial charge in [-0.3, -0.25) is 9.78 Å². The van der Waals surface area contributed by atoms with Crippen LogP contribution < -0.4 is 5.32 Å². The minimum absolute atomic E-state index is 0.0468. The van der Waals surface area contributed by atoms with Gasteiger partial charge in [0.2, 0.25) is 0 Å². The number of benzene rings is 3. The maximum absolute atomic E-state index is 12.7. The maximum atomic E-state index is 12.7. The summed E-state index contributed by atoms with van der Waals surface area (Å²) in [5.41, 5.74) is 7.50. The van der Waals surface area contributed by atoms with Crippen LogP contribution in [0.25, 0.3) is 11.0 Å². The third-order valence-corrected chi connectivity index (χ3v) is 7.51. The van der Waals surface area contributed by atoms with Crippen LogP contribution in [0.15, 0.2) is 102 Å².